The lowest BCUT2D eigenvalue weighted by Gasteiger charge is -2.30. The number of anilines is 1. The van der Waals surface area contributed by atoms with Crippen LogP contribution in [0.3, 0.4) is 0 Å². The Morgan fingerprint density at radius 1 is 1.29 bits per heavy atom. The number of nitrogens with one attached hydrogen (secondary N) is 3. The van der Waals surface area contributed by atoms with E-state index in [1.807, 2.05) is 18.2 Å². The molecule has 2 aliphatic rings. The number of carbonyl (C=O) groups is 3. The first-order valence-corrected chi connectivity index (χ1v) is 12.8. The highest BCUT2D eigenvalue weighted by molar-refractivity contribution is 6.45. The number of H-pyrrole nitrogens is 1. The summed E-state index contributed by atoms with van der Waals surface area (Å²) in [7, 11) is 0. The van der Waals surface area contributed by atoms with E-state index in [4.69, 9.17) is 29.6 Å². The van der Waals surface area contributed by atoms with E-state index in [1.54, 1.807) is 24.3 Å². The molecule has 3 heterocycles. The SMILES string of the molecule is C#C[C@@H]1C[C@@]2(CN1C(=O)C(CC(C)(C)F)NC(=O)c1cc3ccc(Cl)c(Cl)c3[nH]1)C(=O)Nc1ccccc12. The average Bonchev–Trinajstić information content (AvgIpc) is 3.55. The van der Waals surface area contributed by atoms with Crippen molar-refractivity contribution in [1.29, 1.82) is 0 Å². The molecular formula is C28H25Cl2FN4O3. The molecule has 1 saturated heterocycles. The van der Waals surface area contributed by atoms with Crippen molar-refractivity contribution in [2.45, 2.75) is 49.9 Å². The number of alkyl halides is 1. The Hall–Kier alpha value is -3.54. The molecule has 10 heteroatoms. The predicted octanol–water partition coefficient (Wildman–Crippen LogP) is 4.84. The van der Waals surface area contributed by atoms with Gasteiger partial charge in [-0.15, -0.1) is 6.42 Å². The van der Waals surface area contributed by atoms with Crippen molar-refractivity contribution in [3.8, 4) is 12.3 Å². The van der Waals surface area contributed by atoms with E-state index in [2.05, 4.69) is 21.5 Å². The van der Waals surface area contributed by atoms with Crippen molar-refractivity contribution >= 4 is 57.5 Å². The Labute approximate surface area is 229 Å². The lowest BCUT2D eigenvalue weighted by molar-refractivity contribution is -0.134. The molecule has 0 aliphatic carbocycles. The largest absolute Gasteiger partial charge is 0.349 e. The molecule has 3 amide bonds. The molecule has 2 aliphatic heterocycles. The number of benzene rings is 2. The maximum Gasteiger partial charge on any atom is 0.268 e. The molecule has 0 saturated carbocycles. The summed E-state index contributed by atoms with van der Waals surface area (Å²) in [5.74, 6) is 1.20. The predicted molar refractivity (Wildman–Crippen MR) is 145 cm³/mol. The molecule has 38 heavy (non-hydrogen) atoms. The first kappa shape index (κ1) is 26.1. The molecule has 196 valence electrons. The van der Waals surface area contributed by atoms with Crippen LogP contribution in [0.1, 0.15) is 42.7 Å². The number of hydrogen-bond donors (Lipinski definition) is 3. The summed E-state index contributed by atoms with van der Waals surface area (Å²) in [5.41, 5.74) is -0.760. The second-order valence-electron chi connectivity index (χ2n) is 10.4. The van der Waals surface area contributed by atoms with E-state index in [-0.39, 0.29) is 36.0 Å². The van der Waals surface area contributed by atoms with Gasteiger partial charge in [0, 0.05) is 24.0 Å². The summed E-state index contributed by atoms with van der Waals surface area (Å²) in [4.78, 5) is 44.5. The third-order valence-corrected chi connectivity index (χ3v) is 7.99. The standard InChI is InChI=1S/C28H25Cl2FN4O3/c1-4-16-12-28(17-7-5-6-8-19(17)34-26(28)38)14-35(16)25(37)21(13-27(2,3)31)33-24(36)20-11-15-9-10-18(29)22(30)23(15)32-20/h1,5-11,16,21,32H,12-14H2,2-3H3,(H,33,36)(H,34,38)/t16-,21?,28+/m1/s1. The number of rotatable bonds is 5. The maximum atomic E-state index is 14.9. The van der Waals surface area contributed by atoms with Crippen LogP contribution in [-0.2, 0) is 15.0 Å². The fourth-order valence-corrected chi connectivity index (χ4v) is 5.78. The number of carbonyl (C=O) groups excluding carboxylic acids is 3. The lowest BCUT2D eigenvalue weighted by atomic mass is 9.79. The molecule has 7 nitrogen and oxygen atoms in total. The van der Waals surface area contributed by atoms with Crippen LogP contribution in [0.15, 0.2) is 42.5 Å². The van der Waals surface area contributed by atoms with Gasteiger partial charge in [-0.05, 0) is 44.0 Å². The second kappa shape index (κ2) is 9.33. The number of amides is 3. The normalized spacial score (nSPS) is 21.3. The van der Waals surface area contributed by atoms with E-state index in [1.165, 1.54) is 18.7 Å². The molecule has 0 radical (unpaired) electrons. The van der Waals surface area contributed by atoms with Crippen LogP contribution >= 0.6 is 23.2 Å². The molecule has 5 rings (SSSR count). The molecule has 1 unspecified atom stereocenters. The topological polar surface area (TPSA) is 94.3 Å². The van der Waals surface area contributed by atoms with Crippen LogP contribution in [0.2, 0.25) is 10.0 Å². The van der Waals surface area contributed by atoms with Crippen LogP contribution in [0.25, 0.3) is 10.9 Å². The third-order valence-electron chi connectivity index (χ3n) is 7.18. The summed E-state index contributed by atoms with van der Waals surface area (Å²) >= 11 is 12.3. The molecule has 2 aromatic carbocycles. The van der Waals surface area contributed by atoms with Gasteiger partial charge in [-0.1, -0.05) is 53.4 Å². The van der Waals surface area contributed by atoms with Crippen molar-refractivity contribution in [2.24, 2.45) is 0 Å². The Bertz CT molecular complexity index is 1520. The lowest BCUT2D eigenvalue weighted by Crippen LogP contribution is -2.52. The smallest absolute Gasteiger partial charge is 0.268 e. The van der Waals surface area contributed by atoms with Crippen molar-refractivity contribution < 1.29 is 18.8 Å². The van der Waals surface area contributed by atoms with Crippen molar-refractivity contribution in [3.63, 3.8) is 0 Å². The molecule has 3 N–H and O–H groups in total. The molecule has 0 bridgehead atoms. The molecule has 1 aromatic heterocycles. The van der Waals surface area contributed by atoms with E-state index < -0.39 is 35.0 Å². The van der Waals surface area contributed by atoms with Crippen molar-refractivity contribution in [1.82, 2.24) is 15.2 Å². The first-order valence-electron chi connectivity index (χ1n) is 12.1. The Kier molecular flexibility index (Phi) is 6.41. The minimum atomic E-state index is -1.79. The molecule has 3 aromatic rings. The Balaban J connectivity index is 1.45. The van der Waals surface area contributed by atoms with Crippen LogP contribution in [-0.4, -0.2) is 51.9 Å². The zero-order valence-corrected chi connectivity index (χ0v) is 22.2. The molecular weight excluding hydrogens is 530 g/mol. The van der Waals surface area contributed by atoms with Crippen LogP contribution < -0.4 is 10.6 Å². The highest BCUT2D eigenvalue weighted by Gasteiger charge is 2.56. The first-order chi connectivity index (χ1) is 17.9. The van der Waals surface area contributed by atoms with Gasteiger partial charge in [0.15, 0.2) is 0 Å². The average molecular weight is 555 g/mol. The number of fused-ring (bicyclic) bond motifs is 3. The molecule has 1 spiro atoms. The second-order valence-corrected chi connectivity index (χ2v) is 11.2. The van der Waals surface area contributed by atoms with E-state index >= 15 is 0 Å². The summed E-state index contributed by atoms with van der Waals surface area (Å²) in [6.45, 7) is 2.67. The summed E-state index contributed by atoms with van der Waals surface area (Å²) < 4.78 is 14.9. The summed E-state index contributed by atoms with van der Waals surface area (Å²) in [5, 5.41) is 6.78. The molecule has 3 atom stereocenters. The highest BCUT2D eigenvalue weighted by Crippen LogP contribution is 2.46. The van der Waals surface area contributed by atoms with E-state index in [9.17, 15) is 18.8 Å². The van der Waals surface area contributed by atoms with Crippen molar-refractivity contribution in [2.75, 3.05) is 11.9 Å². The zero-order chi connectivity index (χ0) is 27.4. The number of para-hydroxylation sites is 1. The number of aromatic amines is 1. The van der Waals surface area contributed by atoms with Gasteiger partial charge in [-0.3, -0.25) is 14.4 Å². The zero-order valence-electron chi connectivity index (χ0n) is 20.7. The summed E-state index contributed by atoms with van der Waals surface area (Å²) in [6, 6.07) is 10.2. The number of aromatic nitrogens is 1. The fourth-order valence-electron chi connectivity index (χ4n) is 5.40. The van der Waals surface area contributed by atoms with Gasteiger partial charge in [0.1, 0.15) is 17.4 Å². The number of hydrogen-bond acceptors (Lipinski definition) is 3. The van der Waals surface area contributed by atoms with Gasteiger partial charge in [-0.25, -0.2) is 4.39 Å². The maximum absolute atomic E-state index is 14.9. The summed E-state index contributed by atoms with van der Waals surface area (Å²) in [6.07, 6.45) is 5.73. The fraction of sp³-hybridized carbons (Fsp3) is 0.321. The van der Waals surface area contributed by atoms with Gasteiger partial charge >= 0.3 is 0 Å². The number of nitrogens with zero attached hydrogens (tertiary/aromatic N) is 1. The van der Waals surface area contributed by atoms with Crippen LogP contribution in [0.4, 0.5) is 10.1 Å². The van der Waals surface area contributed by atoms with Crippen LogP contribution in [0.5, 0.6) is 0 Å². The number of likely N-dealkylation sites (tertiary alicyclic amines) is 1. The van der Waals surface area contributed by atoms with Crippen LogP contribution in [0, 0.1) is 12.3 Å². The highest BCUT2D eigenvalue weighted by atomic mass is 35.5. The minimum absolute atomic E-state index is 0.0170. The molecule has 1 fully saturated rings. The van der Waals surface area contributed by atoms with Gasteiger partial charge in [-0.2, -0.15) is 0 Å². The number of terminal acetylenes is 1. The van der Waals surface area contributed by atoms with Gasteiger partial charge in [0.25, 0.3) is 5.91 Å². The quantitative estimate of drug-likeness (QED) is 0.394. The van der Waals surface area contributed by atoms with E-state index in [0.717, 1.165) is 5.56 Å². The monoisotopic (exact) mass is 554 g/mol. The van der Waals surface area contributed by atoms with E-state index in [0.29, 0.717) is 21.6 Å². The van der Waals surface area contributed by atoms with Gasteiger partial charge < -0.3 is 20.5 Å². The Morgan fingerprint density at radius 2 is 2.03 bits per heavy atom. The van der Waals surface area contributed by atoms with Gasteiger partial charge in [0.05, 0.1) is 27.0 Å². The minimum Gasteiger partial charge on any atom is -0.349 e. The van der Waals surface area contributed by atoms with Crippen molar-refractivity contribution in [3.05, 3.63) is 63.8 Å². The number of halogens is 3. The Morgan fingerprint density at radius 3 is 2.74 bits per heavy atom. The third kappa shape index (κ3) is 4.40. The van der Waals surface area contributed by atoms with Gasteiger partial charge in [0.2, 0.25) is 11.8 Å².